The summed E-state index contributed by atoms with van der Waals surface area (Å²) in [4.78, 5) is 14.5. The fourth-order valence-electron chi connectivity index (χ4n) is 2.29. The summed E-state index contributed by atoms with van der Waals surface area (Å²) < 4.78 is 0. The fraction of sp³-hybridized carbons (Fsp3) is 0.333. The van der Waals surface area contributed by atoms with Gasteiger partial charge < -0.3 is 0 Å². The molecular weight excluding hydrogens is 202 g/mol. The quantitative estimate of drug-likeness (QED) is 0.614. The molecule has 80 valence electrons. The Morgan fingerprint density at radius 3 is 3.00 bits per heavy atom. The molecule has 0 bridgehead atoms. The maximum Gasteiger partial charge on any atom is 0.235 e. The van der Waals surface area contributed by atoms with Gasteiger partial charge in [0.2, 0.25) is 6.08 Å². The van der Waals surface area contributed by atoms with Gasteiger partial charge in [0.1, 0.15) is 0 Å². The molecule has 2 aromatic rings. The van der Waals surface area contributed by atoms with E-state index in [1.807, 2.05) is 18.2 Å². The van der Waals surface area contributed by atoms with Crippen LogP contribution < -0.4 is 0 Å². The molecule has 0 unspecified atom stereocenters. The molecule has 1 aliphatic rings. The summed E-state index contributed by atoms with van der Waals surface area (Å²) >= 11 is 0. The molecule has 1 aliphatic carbocycles. The molecule has 1 heterocycles. The van der Waals surface area contributed by atoms with Crippen molar-refractivity contribution in [1.29, 1.82) is 0 Å². The van der Waals surface area contributed by atoms with Crippen LogP contribution in [-0.4, -0.2) is 16.3 Å². The van der Waals surface area contributed by atoms with Crippen LogP contribution in [-0.2, 0) is 10.3 Å². The van der Waals surface area contributed by atoms with E-state index in [0.29, 0.717) is 0 Å². The van der Waals surface area contributed by atoms with Gasteiger partial charge in [-0.15, -0.1) is 0 Å². The van der Waals surface area contributed by atoms with Crippen LogP contribution in [0.4, 0.5) is 0 Å². The third-order valence-corrected chi connectivity index (χ3v) is 3.42. The zero-order valence-electron chi connectivity index (χ0n) is 8.73. The average molecular weight is 213 g/mol. The number of hydrogen-bond donors (Lipinski definition) is 1. The van der Waals surface area contributed by atoms with Gasteiger partial charge in [-0.05, 0) is 30.9 Å². The second-order valence-corrected chi connectivity index (χ2v) is 4.26. The SMILES string of the molecule is O=C=NC1(c2ccc3cn[nH]c3c2)CCC1. The Morgan fingerprint density at radius 2 is 2.31 bits per heavy atom. The molecule has 0 amide bonds. The minimum Gasteiger partial charge on any atom is -0.278 e. The standard InChI is InChI=1S/C12H11N3O/c16-8-13-12(4-1-5-12)10-3-2-9-7-14-15-11(9)6-10/h2-3,6-7H,1,4-5H2,(H,14,15). The second-order valence-electron chi connectivity index (χ2n) is 4.26. The second kappa shape index (κ2) is 3.29. The van der Waals surface area contributed by atoms with Crippen LogP contribution in [0.15, 0.2) is 29.4 Å². The number of nitrogens with one attached hydrogen (secondary N) is 1. The Labute approximate surface area is 92.4 Å². The molecule has 0 saturated heterocycles. The van der Waals surface area contributed by atoms with Crippen LogP contribution in [0.5, 0.6) is 0 Å². The lowest BCUT2D eigenvalue weighted by Crippen LogP contribution is -2.31. The summed E-state index contributed by atoms with van der Waals surface area (Å²) in [5.41, 5.74) is 1.75. The monoisotopic (exact) mass is 213 g/mol. The summed E-state index contributed by atoms with van der Waals surface area (Å²) in [6, 6.07) is 6.06. The van der Waals surface area contributed by atoms with E-state index in [1.165, 1.54) is 0 Å². The van der Waals surface area contributed by atoms with E-state index < -0.39 is 0 Å². The van der Waals surface area contributed by atoms with Gasteiger partial charge in [-0.3, -0.25) is 5.10 Å². The van der Waals surface area contributed by atoms with Crippen molar-refractivity contribution in [3.8, 4) is 0 Å². The largest absolute Gasteiger partial charge is 0.278 e. The minimum atomic E-state index is -0.318. The Bertz CT molecular complexity index is 577. The molecule has 16 heavy (non-hydrogen) atoms. The van der Waals surface area contributed by atoms with Crippen molar-refractivity contribution in [2.24, 2.45) is 4.99 Å². The smallest absolute Gasteiger partial charge is 0.235 e. The number of isocyanates is 1. The van der Waals surface area contributed by atoms with E-state index in [1.54, 1.807) is 12.3 Å². The summed E-state index contributed by atoms with van der Waals surface area (Å²) in [6.07, 6.45) is 6.47. The van der Waals surface area contributed by atoms with E-state index in [4.69, 9.17) is 0 Å². The molecular formula is C12H11N3O. The normalized spacial score (nSPS) is 17.8. The van der Waals surface area contributed by atoms with Gasteiger partial charge in [-0.1, -0.05) is 12.1 Å². The van der Waals surface area contributed by atoms with Crippen molar-refractivity contribution < 1.29 is 4.79 Å². The summed E-state index contributed by atoms with van der Waals surface area (Å²) in [5, 5.41) is 7.99. The number of aliphatic imine (C=N–C) groups is 1. The van der Waals surface area contributed by atoms with Gasteiger partial charge in [0.15, 0.2) is 0 Å². The fourth-order valence-corrected chi connectivity index (χ4v) is 2.29. The molecule has 0 spiro atoms. The van der Waals surface area contributed by atoms with E-state index in [0.717, 1.165) is 35.7 Å². The van der Waals surface area contributed by atoms with Crippen molar-refractivity contribution in [1.82, 2.24) is 10.2 Å². The number of benzene rings is 1. The van der Waals surface area contributed by atoms with Gasteiger partial charge in [-0.25, -0.2) is 4.79 Å². The van der Waals surface area contributed by atoms with Crippen molar-refractivity contribution in [2.75, 3.05) is 0 Å². The van der Waals surface area contributed by atoms with Crippen LogP contribution in [0.25, 0.3) is 10.9 Å². The number of fused-ring (bicyclic) bond motifs is 1. The number of aromatic amines is 1. The number of carbonyl (C=O) groups excluding carboxylic acids is 1. The Morgan fingerprint density at radius 1 is 1.44 bits per heavy atom. The predicted octanol–water partition coefficient (Wildman–Crippen LogP) is 2.28. The maximum atomic E-state index is 10.5. The highest BCUT2D eigenvalue weighted by molar-refractivity contribution is 5.78. The first kappa shape index (κ1) is 9.31. The van der Waals surface area contributed by atoms with Gasteiger partial charge in [0.05, 0.1) is 17.3 Å². The number of nitrogens with zero attached hydrogens (tertiary/aromatic N) is 2. The highest BCUT2D eigenvalue weighted by Crippen LogP contribution is 2.45. The summed E-state index contributed by atoms with van der Waals surface area (Å²) in [5.74, 6) is 0. The number of hydrogen-bond acceptors (Lipinski definition) is 3. The van der Waals surface area contributed by atoms with Crippen molar-refractivity contribution in [2.45, 2.75) is 24.8 Å². The molecule has 0 atom stereocenters. The van der Waals surface area contributed by atoms with Crippen molar-refractivity contribution in [3.63, 3.8) is 0 Å². The number of H-pyrrole nitrogens is 1. The Balaban J connectivity index is 2.13. The molecule has 1 aromatic carbocycles. The first-order valence-corrected chi connectivity index (χ1v) is 5.37. The Hall–Kier alpha value is -1.93. The first-order chi connectivity index (χ1) is 7.84. The maximum absolute atomic E-state index is 10.5. The van der Waals surface area contributed by atoms with E-state index >= 15 is 0 Å². The average Bonchev–Trinajstić information content (AvgIpc) is 2.70. The van der Waals surface area contributed by atoms with Crippen LogP contribution in [0.1, 0.15) is 24.8 Å². The highest BCUT2D eigenvalue weighted by atomic mass is 16.1. The van der Waals surface area contributed by atoms with Crippen molar-refractivity contribution >= 4 is 17.0 Å². The molecule has 1 fully saturated rings. The first-order valence-electron chi connectivity index (χ1n) is 5.37. The van der Waals surface area contributed by atoms with E-state index in [9.17, 15) is 4.79 Å². The van der Waals surface area contributed by atoms with Gasteiger partial charge in [-0.2, -0.15) is 10.1 Å². The van der Waals surface area contributed by atoms with Crippen LogP contribution in [0.3, 0.4) is 0 Å². The molecule has 1 saturated carbocycles. The van der Waals surface area contributed by atoms with E-state index in [2.05, 4.69) is 15.2 Å². The third kappa shape index (κ3) is 1.20. The molecule has 4 nitrogen and oxygen atoms in total. The van der Waals surface area contributed by atoms with Gasteiger partial charge >= 0.3 is 0 Å². The predicted molar refractivity (Wildman–Crippen MR) is 59.7 cm³/mol. The van der Waals surface area contributed by atoms with E-state index in [-0.39, 0.29) is 5.54 Å². The van der Waals surface area contributed by atoms with Crippen molar-refractivity contribution in [3.05, 3.63) is 30.0 Å². The van der Waals surface area contributed by atoms with Crippen LogP contribution in [0, 0.1) is 0 Å². The lowest BCUT2D eigenvalue weighted by Gasteiger charge is -2.37. The molecule has 1 N–H and O–H groups in total. The zero-order chi connectivity index (χ0) is 11.0. The molecule has 4 heteroatoms. The zero-order valence-corrected chi connectivity index (χ0v) is 8.73. The highest BCUT2D eigenvalue weighted by Gasteiger charge is 2.38. The molecule has 0 aliphatic heterocycles. The van der Waals surface area contributed by atoms with Crippen LogP contribution in [0.2, 0.25) is 0 Å². The molecule has 1 aromatic heterocycles. The van der Waals surface area contributed by atoms with Gasteiger partial charge in [0.25, 0.3) is 0 Å². The van der Waals surface area contributed by atoms with Gasteiger partial charge in [0, 0.05) is 5.39 Å². The minimum absolute atomic E-state index is 0.318. The topological polar surface area (TPSA) is 58.1 Å². The number of aromatic nitrogens is 2. The lowest BCUT2D eigenvalue weighted by molar-refractivity contribution is 0.256. The molecule has 3 rings (SSSR count). The Kier molecular flexibility index (Phi) is 1.91. The summed E-state index contributed by atoms with van der Waals surface area (Å²) in [6.45, 7) is 0. The number of rotatable bonds is 2. The summed E-state index contributed by atoms with van der Waals surface area (Å²) in [7, 11) is 0. The third-order valence-electron chi connectivity index (χ3n) is 3.42. The lowest BCUT2D eigenvalue weighted by atomic mass is 9.72. The molecule has 0 radical (unpaired) electrons. The van der Waals surface area contributed by atoms with Crippen LogP contribution >= 0.6 is 0 Å².